The van der Waals surface area contributed by atoms with Crippen LogP contribution in [0.4, 0.5) is 10.1 Å². The van der Waals surface area contributed by atoms with Crippen molar-refractivity contribution in [3.05, 3.63) is 88.8 Å². The maximum atomic E-state index is 14.6. The van der Waals surface area contributed by atoms with E-state index in [1.807, 2.05) is 24.3 Å². The van der Waals surface area contributed by atoms with Crippen molar-refractivity contribution in [3.8, 4) is 11.5 Å². The summed E-state index contributed by atoms with van der Waals surface area (Å²) in [6.07, 6.45) is 1.53. The molecule has 152 valence electrons. The predicted molar refractivity (Wildman–Crippen MR) is 122 cm³/mol. The number of para-hydroxylation sites is 1. The summed E-state index contributed by atoms with van der Waals surface area (Å²) in [6.45, 7) is 0. The number of aromatic nitrogens is 1. The Morgan fingerprint density at radius 2 is 1.83 bits per heavy atom. The number of ether oxygens (including phenoxy) is 1. The van der Waals surface area contributed by atoms with Gasteiger partial charge >= 0.3 is 0 Å². The Hall–Kier alpha value is -2.80. The maximum absolute atomic E-state index is 14.6. The summed E-state index contributed by atoms with van der Waals surface area (Å²) in [6, 6.07) is 18.0. The number of hydrogen-bond donors (Lipinski definition) is 1. The van der Waals surface area contributed by atoms with Gasteiger partial charge in [-0.25, -0.2) is 8.60 Å². The molecule has 0 spiro atoms. The second-order valence-corrected chi connectivity index (χ2v) is 9.30. The molecule has 0 aliphatic carbocycles. The molecule has 1 unspecified atom stereocenters. The Balaban J connectivity index is 1.56. The fourth-order valence-electron chi connectivity index (χ4n) is 2.87. The van der Waals surface area contributed by atoms with Gasteiger partial charge in [0.05, 0.1) is 31.3 Å². The zero-order valence-electron chi connectivity index (χ0n) is 15.4. The quantitative estimate of drug-likeness (QED) is 0.342. The van der Waals surface area contributed by atoms with Crippen LogP contribution >= 0.6 is 23.2 Å². The summed E-state index contributed by atoms with van der Waals surface area (Å²) in [5.74, 6) is 3.48. The maximum Gasteiger partial charge on any atom is 0.167 e. The van der Waals surface area contributed by atoms with E-state index in [0.717, 1.165) is 10.9 Å². The highest BCUT2D eigenvalue weighted by Gasteiger charge is 2.14. The first-order valence-electron chi connectivity index (χ1n) is 8.74. The summed E-state index contributed by atoms with van der Waals surface area (Å²) in [7, 11) is -3.03. The van der Waals surface area contributed by atoms with Gasteiger partial charge in [0.1, 0.15) is 5.75 Å². The van der Waals surface area contributed by atoms with E-state index >= 15 is 0 Å². The molecule has 4 rings (SSSR count). The summed E-state index contributed by atoms with van der Waals surface area (Å²) in [4.78, 5) is 4.57. The fraction of sp³-hybridized carbons (Fsp3) is 0. The van der Waals surface area contributed by atoms with E-state index < -0.39 is 15.5 Å². The monoisotopic (exact) mass is 460 g/mol. The van der Waals surface area contributed by atoms with Crippen LogP contribution < -0.4 is 9.46 Å². The van der Waals surface area contributed by atoms with Gasteiger partial charge in [0.2, 0.25) is 0 Å². The Morgan fingerprint density at radius 1 is 1.03 bits per heavy atom. The highest BCUT2D eigenvalue weighted by atomic mass is 35.5. The highest BCUT2D eigenvalue weighted by Crippen LogP contribution is 2.30. The molecule has 30 heavy (non-hydrogen) atoms. The highest BCUT2D eigenvalue weighted by molar-refractivity contribution is 8.01. The van der Waals surface area contributed by atoms with Crippen LogP contribution in [0.5, 0.6) is 11.5 Å². The van der Waals surface area contributed by atoms with Gasteiger partial charge in [0.25, 0.3) is 0 Å². The number of anilines is 1. The lowest BCUT2D eigenvalue weighted by Crippen LogP contribution is -2.13. The number of nitrogens with zero attached hydrogens (tertiary/aromatic N) is 1. The predicted octanol–water partition coefficient (Wildman–Crippen LogP) is 6.58. The molecule has 0 radical (unpaired) electrons. The Kier molecular flexibility index (Phi) is 5.56. The van der Waals surface area contributed by atoms with Gasteiger partial charge < -0.3 is 9.46 Å². The van der Waals surface area contributed by atoms with E-state index in [0.29, 0.717) is 10.8 Å². The Labute approximate surface area is 183 Å². The number of pyridine rings is 1. The molecule has 0 saturated heterocycles. The van der Waals surface area contributed by atoms with Crippen molar-refractivity contribution in [2.24, 2.45) is 0 Å². The van der Waals surface area contributed by atoms with Crippen LogP contribution in [-0.4, -0.2) is 15.1 Å². The third-order valence-electron chi connectivity index (χ3n) is 4.26. The molecule has 1 heterocycles. The lowest BCUT2D eigenvalue weighted by molar-refractivity contribution is 0.441. The van der Waals surface area contributed by atoms with E-state index in [4.69, 9.17) is 27.9 Å². The van der Waals surface area contributed by atoms with Crippen LogP contribution in [0.3, 0.4) is 0 Å². The standard InChI is InChI=1S/C22H15Cl2FN2O2S/c1-30(28,22-9-6-15(23)11-18(22)24)27-16-7-8-21(19(25)12-16)29-17-10-14-4-2-3-5-20(14)26-13-17/h2-13H,1H2,(H,27,28). The van der Waals surface area contributed by atoms with Gasteiger partial charge in [-0.2, -0.15) is 0 Å². The van der Waals surface area contributed by atoms with Gasteiger partial charge in [-0.05, 0) is 48.3 Å². The molecule has 4 nitrogen and oxygen atoms in total. The largest absolute Gasteiger partial charge is 0.453 e. The molecule has 0 aliphatic heterocycles. The molecule has 1 aromatic heterocycles. The molecule has 0 aliphatic rings. The third kappa shape index (κ3) is 4.36. The average Bonchev–Trinajstić information content (AvgIpc) is 2.69. The lowest BCUT2D eigenvalue weighted by atomic mass is 10.2. The normalized spacial score (nSPS) is 13.0. The topological polar surface area (TPSA) is 51.2 Å². The van der Waals surface area contributed by atoms with Crippen LogP contribution in [0.2, 0.25) is 10.0 Å². The fourth-order valence-corrected chi connectivity index (χ4v) is 4.93. The van der Waals surface area contributed by atoms with Crippen molar-refractivity contribution in [3.63, 3.8) is 0 Å². The number of hydrogen-bond acceptors (Lipinski definition) is 3. The van der Waals surface area contributed by atoms with Gasteiger partial charge in [0, 0.05) is 22.2 Å². The van der Waals surface area contributed by atoms with Crippen LogP contribution in [0.1, 0.15) is 0 Å². The molecule has 0 saturated carbocycles. The van der Waals surface area contributed by atoms with E-state index in [1.165, 1.54) is 30.5 Å². The van der Waals surface area contributed by atoms with Crippen LogP contribution in [-0.2, 0) is 9.71 Å². The minimum atomic E-state index is -3.03. The second kappa shape index (κ2) is 8.14. The van der Waals surface area contributed by atoms with E-state index in [2.05, 4.69) is 15.6 Å². The van der Waals surface area contributed by atoms with Gasteiger partial charge in [0.15, 0.2) is 11.6 Å². The second-order valence-electron chi connectivity index (χ2n) is 6.46. The summed E-state index contributed by atoms with van der Waals surface area (Å²) >= 11 is 12.0. The summed E-state index contributed by atoms with van der Waals surface area (Å²) < 4.78 is 36.0. The minimum absolute atomic E-state index is 0.0118. The van der Waals surface area contributed by atoms with Crippen molar-refractivity contribution in [2.45, 2.75) is 4.90 Å². The van der Waals surface area contributed by atoms with E-state index in [1.54, 1.807) is 18.2 Å². The first-order valence-corrected chi connectivity index (χ1v) is 11.2. The van der Waals surface area contributed by atoms with Crippen LogP contribution in [0.15, 0.2) is 77.8 Å². The van der Waals surface area contributed by atoms with Crippen LogP contribution in [0.25, 0.3) is 10.9 Å². The molecule has 0 bridgehead atoms. The van der Waals surface area contributed by atoms with Gasteiger partial charge in [-0.1, -0.05) is 41.4 Å². The molecule has 4 aromatic rings. The molecule has 3 aromatic carbocycles. The zero-order valence-corrected chi connectivity index (χ0v) is 17.8. The molecule has 1 atom stereocenters. The lowest BCUT2D eigenvalue weighted by Gasteiger charge is -2.15. The van der Waals surface area contributed by atoms with Crippen molar-refractivity contribution in [2.75, 3.05) is 4.72 Å². The van der Waals surface area contributed by atoms with Gasteiger partial charge in [-0.15, -0.1) is 0 Å². The molecule has 0 fully saturated rings. The molecule has 8 heteroatoms. The Morgan fingerprint density at radius 3 is 2.60 bits per heavy atom. The number of nitrogens with one attached hydrogen (secondary N) is 1. The number of fused-ring (bicyclic) bond motifs is 1. The molecular formula is C22H15Cl2FN2O2S. The average molecular weight is 461 g/mol. The van der Waals surface area contributed by atoms with Crippen molar-refractivity contribution < 1.29 is 13.3 Å². The molecular weight excluding hydrogens is 446 g/mol. The molecule has 1 N–H and O–H groups in total. The zero-order chi connectivity index (χ0) is 21.3. The summed E-state index contributed by atoms with van der Waals surface area (Å²) in [5.41, 5.74) is 1.08. The van der Waals surface area contributed by atoms with Crippen molar-refractivity contribution >= 4 is 55.4 Å². The Bertz CT molecular complexity index is 1360. The third-order valence-corrected chi connectivity index (χ3v) is 6.55. The first kappa shape index (κ1) is 20.5. The van der Waals surface area contributed by atoms with E-state index in [9.17, 15) is 8.60 Å². The minimum Gasteiger partial charge on any atom is -0.453 e. The number of halogens is 3. The SMILES string of the molecule is C=S(=O)(Nc1ccc(Oc2cnc3ccccc3c2)c(F)c1)c1ccc(Cl)cc1Cl. The van der Waals surface area contributed by atoms with E-state index in [-0.39, 0.29) is 21.4 Å². The smallest absolute Gasteiger partial charge is 0.167 e. The first-order chi connectivity index (χ1) is 14.3. The number of rotatable bonds is 5. The van der Waals surface area contributed by atoms with Crippen molar-refractivity contribution in [1.29, 1.82) is 0 Å². The summed E-state index contributed by atoms with van der Waals surface area (Å²) in [5, 5.41) is 1.50. The van der Waals surface area contributed by atoms with Crippen LogP contribution in [0, 0.1) is 5.82 Å². The van der Waals surface area contributed by atoms with Crippen molar-refractivity contribution in [1.82, 2.24) is 4.98 Å². The van der Waals surface area contributed by atoms with Gasteiger partial charge in [-0.3, -0.25) is 4.98 Å². The molecule has 0 amide bonds. The number of benzene rings is 3.